The van der Waals surface area contributed by atoms with Crippen molar-refractivity contribution in [3.05, 3.63) is 54.0 Å². The zero-order valence-corrected chi connectivity index (χ0v) is 24.1. The van der Waals surface area contributed by atoms with E-state index in [1.807, 2.05) is 12.2 Å². The second kappa shape index (κ2) is 26.3. The fraction of sp³-hybridized carbons (Fsp3) is 0.652. The molecule has 0 spiro atoms. The van der Waals surface area contributed by atoms with Gasteiger partial charge < -0.3 is 29.7 Å². The molecule has 2 radical (unpaired) electrons. The number of allylic oxidation sites excluding steroid dienone is 4. The summed E-state index contributed by atoms with van der Waals surface area (Å²) in [4.78, 5) is 0. The number of rotatable bonds is 3. The molecule has 0 bridgehead atoms. The van der Waals surface area contributed by atoms with E-state index in [0.717, 1.165) is 6.42 Å². The Labute approximate surface area is 206 Å². The van der Waals surface area contributed by atoms with Gasteiger partial charge in [-0.15, -0.1) is 38.7 Å². The summed E-state index contributed by atoms with van der Waals surface area (Å²) in [7, 11) is 0.440. The summed E-state index contributed by atoms with van der Waals surface area (Å²) < 4.78 is 0. The van der Waals surface area contributed by atoms with E-state index in [1.165, 1.54) is 24.2 Å². The zero-order valence-electron chi connectivity index (χ0n) is 19.3. The molecule has 3 aliphatic carbocycles. The van der Waals surface area contributed by atoms with Crippen molar-refractivity contribution < 1.29 is 17.4 Å². The molecule has 0 N–H and O–H groups in total. The van der Waals surface area contributed by atoms with E-state index in [4.69, 9.17) is 0 Å². The summed E-state index contributed by atoms with van der Waals surface area (Å²) in [5, 5.41) is 0. The molecule has 3 rings (SSSR count). The molecule has 3 aliphatic rings. The Kier molecular flexibility index (Phi) is 40.5. The monoisotopic (exact) mass is 504 g/mol. The molecule has 0 aromatic carbocycles. The van der Waals surface area contributed by atoms with Crippen LogP contribution in [0.1, 0.15) is 70.6 Å². The Hall–Kier alpha value is 1.24. The van der Waals surface area contributed by atoms with E-state index in [9.17, 15) is 0 Å². The van der Waals surface area contributed by atoms with E-state index >= 15 is 0 Å². The van der Waals surface area contributed by atoms with E-state index in [-0.39, 0.29) is 80.3 Å². The zero-order chi connectivity index (χ0) is 14.9. The van der Waals surface area contributed by atoms with E-state index < -0.39 is 0 Å². The van der Waals surface area contributed by atoms with Gasteiger partial charge in [-0.2, -0.15) is 6.08 Å². The summed E-state index contributed by atoms with van der Waals surface area (Å²) in [6.45, 7) is 5.22. The number of hydrogen-bond acceptors (Lipinski definition) is 0. The molecule has 0 heterocycles. The van der Waals surface area contributed by atoms with Gasteiger partial charge >= 0.3 is 17.4 Å². The fourth-order valence-corrected chi connectivity index (χ4v) is 13.9. The third kappa shape index (κ3) is 16.0. The summed E-state index contributed by atoms with van der Waals surface area (Å²) >= 11 is 0. The minimum atomic E-state index is -0.00595. The first-order valence-electron chi connectivity index (χ1n) is 9.09. The van der Waals surface area contributed by atoms with Crippen LogP contribution in [-0.4, -0.2) is 19.8 Å². The van der Waals surface area contributed by atoms with E-state index in [2.05, 4.69) is 25.2 Å². The Balaban J connectivity index is -0.0000000899. The second-order valence-corrected chi connectivity index (χ2v) is 15.3. The van der Waals surface area contributed by atoms with Gasteiger partial charge in [0.1, 0.15) is 0 Å². The van der Waals surface area contributed by atoms with Gasteiger partial charge in [-0.1, -0.05) is 51.6 Å². The minimum absolute atomic E-state index is 0. The van der Waals surface area contributed by atoms with Crippen molar-refractivity contribution >= 4 is 40.7 Å². The summed E-state index contributed by atoms with van der Waals surface area (Å²) in [6, 6.07) is 0. The maximum atomic E-state index is 2.99. The van der Waals surface area contributed by atoms with Crippen LogP contribution in [0.5, 0.6) is 0 Å². The normalized spacial score (nSPS) is 17.7. The average Bonchev–Trinajstić information content (AvgIpc) is 3.09. The summed E-state index contributed by atoms with van der Waals surface area (Å²) in [6.07, 6.45) is 25.6. The van der Waals surface area contributed by atoms with Crippen molar-refractivity contribution in [2.75, 3.05) is 0 Å². The first-order chi connectivity index (χ1) is 10.3. The predicted molar refractivity (Wildman–Crippen MR) is 140 cm³/mol. The van der Waals surface area contributed by atoms with Crippen LogP contribution in [0.4, 0.5) is 0 Å². The standard InChI is InChI=1S/C14H28PSi.C5H5.4CH3.2ClH.Cr/c1-16(2)15(13-9-5-3-6-10-13)14-11-7-4-8-12-14;1-2-4-5-3-1;;;;;;;/h13-14H,3-12H2,1-2H3;1-3H,4H2;4*1H3;2*1H;/q;5*-1;;;+5. The van der Waals surface area contributed by atoms with E-state index in [0.29, 0.717) is 7.47 Å². The van der Waals surface area contributed by atoms with Crippen molar-refractivity contribution in [2.24, 2.45) is 0 Å². The van der Waals surface area contributed by atoms with Crippen LogP contribution in [-0.2, 0) is 17.4 Å². The van der Waals surface area contributed by atoms with E-state index in [1.54, 1.807) is 51.4 Å². The van der Waals surface area contributed by atoms with Gasteiger partial charge in [-0.25, -0.2) is 12.2 Å². The van der Waals surface area contributed by atoms with Crippen molar-refractivity contribution in [3.8, 4) is 0 Å². The molecule has 0 atom stereocenters. The van der Waals surface area contributed by atoms with Gasteiger partial charge in [0.15, 0.2) is 0 Å². The van der Waals surface area contributed by atoms with Gasteiger partial charge in [0.2, 0.25) is 0 Å². The van der Waals surface area contributed by atoms with Gasteiger partial charge in [0, 0.05) is 0 Å². The second-order valence-electron chi connectivity index (χ2n) is 6.94. The van der Waals surface area contributed by atoms with Crippen LogP contribution in [0.2, 0.25) is 13.1 Å². The molecule has 0 saturated heterocycles. The number of halogens is 2. The molecule has 0 aliphatic heterocycles. The van der Waals surface area contributed by atoms with Gasteiger partial charge in [0.25, 0.3) is 0 Å². The molecule has 168 valence electrons. The molecule has 2 saturated carbocycles. The Morgan fingerprint density at radius 1 is 0.750 bits per heavy atom. The van der Waals surface area contributed by atoms with Gasteiger partial charge in [-0.3, -0.25) is 6.08 Å². The molecule has 0 amide bonds. The van der Waals surface area contributed by atoms with Gasteiger partial charge in [0.05, 0.1) is 8.46 Å². The fourth-order valence-electron chi connectivity index (χ4n) is 4.09. The molecule has 0 aromatic heterocycles. The van der Waals surface area contributed by atoms with Crippen LogP contribution in [0, 0.1) is 35.8 Å². The van der Waals surface area contributed by atoms with Crippen LogP contribution in [0.15, 0.2) is 18.2 Å². The quantitative estimate of drug-likeness (QED) is 0.204. The molecule has 28 heavy (non-hydrogen) atoms. The van der Waals surface area contributed by atoms with Crippen molar-refractivity contribution in [2.45, 2.75) is 95.0 Å². The largest absolute Gasteiger partial charge is 5.00 e. The van der Waals surface area contributed by atoms with Crippen molar-refractivity contribution in [3.63, 3.8) is 0 Å². The molecule has 2 fully saturated rings. The Morgan fingerprint density at radius 3 is 1.36 bits per heavy atom. The summed E-state index contributed by atoms with van der Waals surface area (Å²) in [5.41, 5.74) is 2.38. The maximum Gasteiger partial charge on any atom is 5.00 e. The van der Waals surface area contributed by atoms with Crippen LogP contribution >= 0.6 is 32.3 Å². The van der Waals surface area contributed by atoms with Crippen LogP contribution in [0.25, 0.3) is 0 Å². The molecule has 0 unspecified atom stereocenters. The topological polar surface area (TPSA) is 0 Å². The average molecular weight is 506 g/mol. The smallest absolute Gasteiger partial charge is 0.358 e. The van der Waals surface area contributed by atoms with Crippen LogP contribution in [0.3, 0.4) is 0 Å². The number of hydrogen-bond donors (Lipinski definition) is 0. The molecular formula is C23H47Cl2CrPSi. The summed E-state index contributed by atoms with van der Waals surface area (Å²) in [5.74, 6) is 0. The van der Waals surface area contributed by atoms with Crippen LogP contribution < -0.4 is 0 Å². The SMILES string of the molecule is C[Si](C)P(C1CCCCC1)C1CCCCC1.Cl.Cl.[C-]1=CC=CC1.[CH3-].[CH3-].[CH3-].[CH3-].[Cr+5]. The molecular weight excluding hydrogens is 458 g/mol. The van der Waals surface area contributed by atoms with Gasteiger partial charge in [-0.05, 0) is 37.0 Å². The third-order valence-electron chi connectivity index (χ3n) is 5.04. The Bertz CT molecular complexity index is 311. The predicted octanol–water partition coefficient (Wildman–Crippen LogP) is 9.33. The maximum absolute atomic E-state index is 2.99. The first kappa shape index (κ1) is 43.2. The Morgan fingerprint density at radius 2 is 1.14 bits per heavy atom. The molecule has 0 aromatic rings. The van der Waals surface area contributed by atoms with Crippen molar-refractivity contribution in [1.82, 2.24) is 0 Å². The first-order valence-corrected chi connectivity index (χ1v) is 13.9. The molecule has 5 heteroatoms. The minimum Gasteiger partial charge on any atom is -0.358 e. The third-order valence-corrected chi connectivity index (χ3v) is 14.0. The molecule has 0 nitrogen and oxygen atoms in total. The van der Waals surface area contributed by atoms with Crippen molar-refractivity contribution in [1.29, 1.82) is 0 Å².